The number of carbonyl (C=O) groups excluding carboxylic acids is 1. The minimum absolute atomic E-state index is 0.0223. The van der Waals surface area contributed by atoms with Crippen LogP contribution in [0.1, 0.15) is 44.6 Å². The second-order valence-electron chi connectivity index (χ2n) is 6.92. The van der Waals surface area contributed by atoms with E-state index in [1.165, 1.54) is 0 Å². The van der Waals surface area contributed by atoms with E-state index in [1.807, 2.05) is 19.9 Å². The van der Waals surface area contributed by atoms with Crippen LogP contribution < -0.4 is 16.0 Å². The normalized spacial score (nSPS) is 17.4. The first-order valence-corrected chi connectivity index (χ1v) is 8.48. The first kappa shape index (κ1) is 17.7. The molecule has 2 heterocycles. The molecule has 0 bridgehead atoms. The van der Waals surface area contributed by atoms with Gasteiger partial charge in [-0.15, -0.1) is 0 Å². The molecule has 6 heteroatoms. The van der Waals surface area contributed by atoms with Crippen molar-refractivity contribution < 1.29 is 4.79 Å². The first-order valence-electron chi connectivity index (χ1n) is 8.48. The fourth-order valence-corrected chi connectivity index (χ4v) is 3.04. The third-order valence-corrected chi connectivity index (χ3v) is 4.18. The molecule has 1 amide bonds. The molecule has 1 atom stereocenters. The molecule has 0 unspecified atom stereocenters. The number of nitrogens with two attached hydrogens (primary N) is 1. The Morgan fingerprint density at radius 2 is 2.00 bits per heavy atom. The van der Waals surface area contributed by atoms with Gasteiger partial charge in [-0.1, -0.05) is 13.8 Å². The number of piperidine rings is 1. The molecular weight excluding hydrogens is 290 g/mol. The molecular formula is C17H29N5O. The number of anilines is 1. The Kier molecular flexibility index (Phi) is 5.93. The molecule has 23 heavy (non-hydrogen) atoms. The highest BCUT2D eigenvalue weighted by Gasteiger charge is 2.24. The third kappa shape index (κ3) is 5.16. The van der Waals surface area contributed by atoms with Crippen LogP contribution in [0.2, 0.25) is 0 Å². The lowest BCUT2D eigenvalue weighted by Crippen LogP contribution is -2.50. The van der Waals surface area contributed by atoms with Gasteiger partial charge in [0.1, 0.15) is 11.6 Å². The van der Waals surface area contributed by atoms with Gasteiger partial charge in [0.15, 0.2) is 0 Å². The fourth-order valence-electron chi connectivity index (χ4n) is 3.04. The van der Waals surface area contributed by atoms with Crippen molar-refractivity contribution in [2.75, 3.05) is 18.0 Å². The van der Waals surface area contributed by atoms with Crippen LogP contribution in [0, 0.1) is 19.8 Å². The summed E-state index contributed by atoms with van der Waals surface area (Å²) in [7, 11) is 0. The molecule has 0 spiro atoms. The second-order valence-corrected chi connectivity index (χ2v) is 6.92. The number of hydrogen-bond acceptors (Lipinski definition) is 5. The largest absolute Gasteiger partial charge is 0.356 e. The number of nitrogens with zero attached hydrogens (tertiary/aromatic N) is 3. The average molecular weight is 319 g/mol. The molecule has 1 saturated heterocycles. The minimum Gasteiger partial charge on any atom is -0.356 e. The Bertz CT molecular complexity index is 518. The molecule has 1 aromatic heterocycles. The number of amides is 1. The van der Waals surface area contributed by atoms with E-state index in [1.54, 1.807) is 0 Å². The summed E-state index contributed by atoms with van der Waals surface area (Å²) in [4.78, 5) is 23.2. The first-order chi connectivity index (χ1) is 10.8. The van der Waals surface area contributed by atoms with Crippen molar-refractivity contribution in [3.05, 3.63) is 17.6 Å². The van der Waals surface area contributed by atoms with Crippen LogP contribution in [0.25, 0.3) is 0 Å². The molecule has 128 valence electrons. The Morgan fingerprint density at radius 3 is 2.57 bits per heavy atom. The number of rotatable bonds is 5. The quantitative estimate of drug-likeness (QED) is 0.860. The summed E-state index contributed by atoms with van der Waals surface area (Å²) in [5.41, 5.74) is 6.94. The maximum atomic E-state index is 12.1. The van der Waals surface area contributed by atoms with E-state index in [0.29, 0.717) is 5.92 Å². The summed E-state index contributed by atoms with van der Waals surface area (Å²) in [6.07, 6.45) is 2.56. The summed E-state index contributed by atoms with van der Waals surface area (Å²) >= 11 is 0. The Morgan fingerprint density at radius 1 is 1.35 bits per heavy atom. The van der Waals surface area contributed by atoms with E-state index >= 15 is 0 Å². The number of carbonyl (C=O) groups is 1. The number of nitrogens with one attached hydrogen (secondary N) is 1. The Hall–Kier alpha value is -1.69. The van der Waals surface area contributed by atoms with E-state index < -0.39 is 6.04 Å². The van der Waals surface area contributed by atoms with E-state index in [0.717, 1.165) is 49.7 Å². The van der Waals surface area contributed by atoms with Gasteiger partial charge in [0.25, 0.3) is 0 Å². The standard InChI is InChI=1S/C17H29N5O/c1-11(2)9-15(18)17(23)21-14-5-7-22(8-6-14)16-10-12(3)19-13(4)20-16/h10-11,14-15H,5-9,18H2,1-4H3,(H,21,23)/t15-/m0/s1. The number of aryl methyl sites for hydroxylation is 2. The van der Waals surface area contributed by atoms with Crippen LogP contribution in [0.15, 0.2) is 6.07 Å². The molecule has 1 aliphatic heterocycles. The van der Waals surface area contributed by atoms with Gasteiger partial charge in [0.05, 0.1) is 6.04 Å². The van der Waals surface area contributed by atoms with Crippen molar-refractivity contribution in [1.82, 2.24) is 15.3 Å². The highest BCUT2D eigenvalue weighted by molar-refractivity contribution is 5.81. The van der Waals surface area contributed by atoms with Crippen molar-refractivity contribution in [3.8, 4) is 0 Å². The predicted octanol–water partition coefficient (Wildman–Crippen LogP) is 1.55. The zero-order valence-corrected chi connectivity index (χ0v) is 14.7. The minimum atomic E-state index is -0.403. The maximum absolute atomic E-state index is 12.1. The number of hydrogen-bond donors (Lipinski definition) is 2. The summed E-state index contributed by atoms with van der Waals surface area (Å²) in [5, 5.41) is 3.10. The zero-order chi connectivity index (χ0) is 17.0. The van der Waals surface area contributed by atoms with Crippen LogP contribution in [0.5, 0.6) is 0 Å². The van der Waals surface area contributed by atoms with Gasteiger partial charge < -0.3 is 16.0 Å². The molecule has 1 aliphatic rings. The van der Waals surface area contributed by atoms with Gasteiger partial charge in [0.2, 0.25) is 5.91 Å². The Balaban J connectivity index is 1.85. The van der Waals surface area contributed by atoms with Gasteiger partial charge in [0, 0.05) is 30.9 Å². The van der Waals surface area contributed by atoms with E-state index in [4.69, 9.17) is 5.73 Å². The van der Waals surface area contributed by atoms with Crippen LogP contribution in [0.4, 0.5) is 5.82 Å². The second kappa shape index (κ2) is 7.73. The van der Waals surface area contributed by atoms with Crippen molar-refractivity contribution in [2.24, 2.45) is 11.7 Å². The molecule has 2 rings (SSSR count). The van der Waals surface area contributed by atoms with Crippen LogP contribution in [0.3, 0.4) is 0 Å². The van der Waals surface area contributed by atoms with Gasteiger partial charge in [-0.25, -0.2) is 9.97 Å². The summed E-state index contributed by atoms with van der Waals surface area (Å²) in [6, 6.07) is 1.82. The van der Waals surface area contributed by atoms with Crippen molar-refractivity contribution >= 4 is 11.7 Å². The SMILES string of the molecule is Cc1cc(N2CCC(NC(=O)[C@@H](N)CC(C)C)CC2)nc(C)n1. The third-order valence-electron chi connectivity index (χ3n) is 4.18. The molecule has 0 radical (unpaired) electrons. The average Bonchev–Trinajstić information content (AvgIpc) is 2.46. The van der Waals surface area contributed by atoms with Crippen LogP contribution in [-0.2, 0) is 4.79 Å². The summed E-state index contributed by atoms with van der Waals surface area (Å²) in [5.74, 6) is 2.19. The lowest BCUT2D eigenvalue weighted by molar-refractivity contribution is -0.123. The monoisotopic (exact) mass is 319 g/mol. The summed E-state index contributed by atoms with van der Waals surface area (Å²) < 4.78 is 0. The fraction of sp³-hybridized carbons (Fsp3) is 0.706. The molecule has 0 saturated carbocycles. The lowest BCUT2D eigenvalue weighted by Gasteiger charge is -2.33. The van der Waals surface area contributed by atoms with Gasteiger partial charge in [-0.3, -0.25) is 4.79 Å². The highest BCUT2D eigenvalue weighted by Crippen LogP contribution is 2.19. The summed E-state index contributed by atoms with van der Waals surface area (Å²) in [6.45, 7) is 9.84. The van der Waals surface area contributed by atoms with Crippen molar-refractivity contribution in [1.29, 1.82) is 0 Å². The molecule has 1 fully saturated rings. The van der Waals surface area contributed by atoms with Crippen LogP contribution in [-0.4, -0.2) is 41.0 Å². The van der Waals surface area contributed by atoms with E-state index in [9.17, 15) is 4.79 Å². The van der Waals surface area contributed by atoms with Gasteiger partial charge >= 0.3 is 0 Å². The van der Waals surface area contributed by atoms with Crippen molar-refractivity contribution in [3.63, 3.8) is 0 Å². The maximum Gasteiger partial charge on any atom is 0.237 e. The highest BCUT2D eigenvalue weighted by atomic mass is 16.2. The van der Waals surface area contributed by atoms with Crippen LogP contribution >= 0.6 is 0 Å². The lowest BCUT2D eigenvalue weighted by atomic mass is 10.0. The molecule has 6 nitrogen and oxygen atoms in total. The molecule has 1 aromatic rings. The molecule has 3 N–H and O–H groups in total. The topological polar surface area (TPSA) is 84.1 Å². The smallest absolute Gasteiger partial charge is 0.237 e. The van der Waals surface area contributed by atoms with E-state index in [-0.39, 0.29) is 11.9 Å². The molecule has 0 aromatic carbocycles. The van der Waals surface area contributed by atoms with Gasteiger partial charge in [-0.05, 0) is 39.0 Å². The predicted molar refractivity (Wildman–Crippen MR) is 92.3 cm³/mol. The Labute approximate surface area is 138 Å². The number of aromatic nitrogens is 2. The van der Waals surface area contributed by atoms with Gasteiger partial charge in [-0.2, -0.15) is 0 Å². The van der Waals surface area contributed by atoms with E-state index in [2.05, 4.69) is 34.0 Å². The zero-order valence-electron chi connectivity index (χ0n) is 14.7. The molecule has 0 aliphatic carbocycles. The van der Waals surface area contributed by atoms with Crippen molar-refractivity contribution in [2.45, 2.75) is 59.0 Å².